The average Bonchev–Trinajstić information content (AvgIpc) is 2.47. The molecule has 0 bridgehead atoms. The molecule has 2 N–H and O–H groups in total. The summed E-state index contributed by atoms with van der Waals surface area (Å²) >= 11 is 0. The molecule has 22 heavy (non-hydrogen) atoms. The molecule has 0 unspecified atom stereocenters. The number of benzene rings is 2. The molecule has 2 aromatic rings. The quantitative estimate of drug-likeness (QED) is 0.895. The maximum absolute atomic E-state index is 12.4. The van der Waals surface area contributed by atoms with Crippen molar-refractivity contribution in [2.75, 3.05) is 5.32 Å². The van der Waals surface area contributed by atoms with Crippen LogP contribution in [0.3, 0.4) is 0 Å². The monoisotopic (exact) mass is 315 g/mol. The molecule has 0 aromatic heterocycles. The van der Waals surface area contributed by atoms with Gasteiger partial charge in [0.25, 0.3) is 10.0 Å². The Hall–Kier alpha value is -2.34. The summed E-state index contributed by atoms with van der Waals surface area (Å²) < 4.78 is 27.3. The second-order valence-corrected chi connectivity index (χ2v) is 6.97. The van der Waals surface area contributed by atoms with Crippen LogP contribution in [0.2, 0.25) is 0 Å². The highest BCUT2D eigenvalue weighted by molar-refractivity contribution is 7.90. The van der Waals surface area contributed by atoms with Crippen molar-refractivity contribution in [3.8, 4) is 0 Å². The summed E-state index contributed by atoms with van der Waals surface area (Å²) in [5.41, 5.74) is 2.92. The smallest absolute Gasteiger partial charge is 0.264 e. The Morgan fingerprint density at radius 2 is 1.77 bits per heavy atom. The molecular formula is C16H17N3O2S. The number of aliphatic imine (C=N–C) groups is 1. The van der Waals surface area contributed by atoms with Gasteiger partial charge in [-0.25, -0.2) is 18.1 Å². The third-order valence-electron chi connectivity index (χ3n) is 3.55. The van der Waals surface area contributed by atoms with E-state index in [1.165, 1.54) is 0 Å². The topological polar surface area (TPSA) is 70.6 Å². The first kappa shape index (κ1) is 14.6. The van der Waals surface area contributed by atoms with Crippen LogP contribution in [-0.4, -0.2) is 14.4 Å². The van der Waals surface area contributed by atoms with Crippen LogP contribution in [0.4, 0.5) is 5.69 Å². The van der Waals surface area contributed by atoms with Gasteiger partial charge in [-0.3, -0.25) is 0 Å². The number of nitrogens with one attached hydrogen (secondary N) is 2. The van der Waals surface area contributed by atoms with Crippen molar-refractivity contribution in [3.63, 3.8) is 0 Å². The van der Waals surface area contributed by atoms with E-state index in [1.807, 2.05) is 38.1 Å². The standard InChI is InChI=1S/C16H17N3O2S/c1-11-7-9-13(10-8-11)22(20,21)19-16-17-12(2)14-5-3-4-6-15(14)18-16/h3-10,12H,1-2H3,(H2,17,18,19)/t12-/m1/s1. The maximum Gasteiger partial charge on any atom is 0.264 e. The number of anilines is 1. The summed E-state index contributed by atoms with van der Waals surface area (Å²) in [6.45, 7) is 3.84. The molecule has 0 spiro atoms. The predicted octanol–water partition coefficient (Wildman–Crippen LogP) is 2.82. The highest BCUT2D eigenvalue weighted by atomic mass is 32.2. The van der Waals surface area contributed by atoms with Gasteiger partial charge in [-0.2, -0.15) is 0 Å². The van der Waals surface area contributed by atoms with Crippen LogP contribution in [0, 0.1) is 6.92 Å². The van der Waals surface area contributed by atoms with Crippen LogP contribution in [-0.2, 0) is 10.0 Å². The van der Waals surface area contributed by atoms with E-state index in [4.69, 9.17) is 0 Å². The Morgan fingerprint density at radius 1 is 1.09 bits per heavy atom. The normalized spacial score (nSPS) is 17.2. The van der Waals surface area contributed by atoms with Gasteiger partial charge in [0, 0.05) is 5.69 Å². The van der Waals surface area contributed by atoms with E-state index in [2.05, 4.69) is 15.0 Å². The van der Waals surface area contributed by atoms with Crippen LogP contribution in [0.25, 0.3) is 0 Å². The lowest BCUT2D eigenvalue weighted by Crippen LogP contribution is -2.38. The minimum atomic E-state index is -3.65. The minimum Gasteiger partial charge on any atom is -0.325 e. The van der Waals surface area contributed by atoms with E-state index < -0.39 is 10.0 Å². The lowest BCUT2D eigenvalue weighted by atomic mass is 10.1. The zero-order chi connectivity index (χ0) is 15.7. The lowest BCUT2D eigenvalue weighted by Gasteiger charge is -2.23. The number of aryl methyl sites for hydroxylation is 1. The Labute approximate surface area is 130 Å². The van der Waals surface area contributed by atoms with Crippen molar-refractivity contribution in [2.45, 2.75) is 24.8 Å². The first-order valence-corrected chi connectivity index (χ1v) is 8.47. The summed E-state index contributed by atoms with van der Waals surface area (Å²) in [5.74, 6) is 0.242. The number of hydrogen-bond donors (Lipinski definition) is 2. The van der Waals surface area contributed by atoms with E-state index in [0.717, 1.165) is 16.8 Å². The molecule has 5 nitrogen and oxygen atoms in total. The molecule has 0 saturated carbocycles. The number of rotatable bonds is 2. The van der Waals surface area contributed by atoms with Crippen molar-refractivity contribution < 1.29 is 8.42 Å². The zero-order valence-electron chi connectivity index (χ0n) is 12.4. The molecule has 2 aromatic carbocycles. The van der Waals surface area contributed by atoms with Gasteiger partial charge in [-0.1, -0.05) is 35.9 Å². The maximum atomic E-state index is 12.4. The van der Waals surface area contributed by atoms with Crippen molar-refractivity contribution in [1.82, 2.24) is 4.72 Å². The minimum absolute atomic E-state index is 0.104. The SMILES string of the molecule is Cc1ccc(S(=O)(=O)NC2=N[C@H](C)c3ccccc3N2)cc1. The number of sulfonamides is 1. The summed E-state index contributed by atoms with van der Waals surface area (Å²) in [7, 11) is -3.65. The number of nitrogens with zero attached hydrogens (tertiary/aromatic N) is 1. The highest BCUT2D eigenvalue weighted by Crippen LogP contribution is 2.28. The molecule has 1 atom stereocenters. The van der Waals surface area contributed by atoms with Crippen molar-refractivity contribution in [3.05, 3.63) is 59.7 Å². The summed E-state index contributed by atoms with van der Waals surface area (Å²) in [4.78, 5) is 4.58. The Balaban J connectivity index is 1.86. The zero-order valence-corrected chi connectivity index (χ0v) is 13.2. The molecule has 0 aliphatic carbocycles. The average molecular weight is 315 g/mol. The number of guanidine groups is 1. The van der Waals surface area contributed by atoms with Gasteiger partial charge in [0.2, 0.25) is 5.96 Å². The number of fused-ring (bicyclic) bond motifs is 1. The molecule has 1 heterocycles. The third kappa shape index (κ3) is 2.82. The van der Waals surface area contributed by atoms with E-state index in [1.54, 1.807) is 24.3 Å². The van der Waals surface area contributed by atoms with Gasteiger partial charge in [-0.05, 0) is 37.6 Å². The van der Waals surface area contributed by atoms with Gasteiger partial charge < -0.3 is 5.32 Å². The molecule has 1 aliphatic heterocycles. The van der Waals surface area contributed by atoms with Crippen LogP contribution in [0.5, 0.6) is 0 Å². The fraction of sp³-hybridized carbons (Fsp3) is 0.188. The van der Waals surface area contributed by atoms with Crippen molar-refractivity contribution in [1.29, 1.82) is 0 Å². The van der Waals surface area contributed by atoms with Crippen LogP contribution < -0.4 is 10.0 Å². The summed E-state index contributed by atoms with van der Waals surface area (Å²) in [6, 6.07) is 14.3. The lowest BCUT2D eigenvalue weighted by molar-refractivity contribution is 0.592. The van der Waals surface area contributed by atoms with Gasteiger partial charge in [-0.15, -0.1) is 0 Å². The van der Waals surface area contributed by atoms with Gasteiger partial charge in [0.05, 0.1) is 10.9 Å². The Kier molecular flexibility index (Phi) is 3.62. The molecule has 3 rings (SSSR count). The van der Waals surface area contributed by atoms with Gasteiger partial charge >= 0.3 is 0 Å². The Morgan fingerprint density at radius 3 is 2.50 bits per heavy atom. The summed E-state index contributed by atoms with van der Waals surface area (Å²) in [5, 5.41) is 3.02. The van der Waals surface area contributed by atoms with E-state index >= 15 is 0 Å². The second kappa shape index (κ2) is 5.46. The molecule has 114 valence electrons. The second-order valence-electron chi connectivity index (χ2n) is 5.28. The van der Waals surface area contributed by atoms with Crippen molar-refractivity contribution >= 4 is 21.7 Å². The van der Waals surface area contributed by atoms with E-state index in [9.17, 15) is 8.42 Å². The Bertz CT molecular complexity index is 827. The van der Waals surface area contributed by atoms with E-state index in [-0.39, 0.29) is 16.9 Å². The van der Waals surface area contributed by atoms with Gasteiger partial charge in [0.15, 0.2) is 0 Å². The van der Waals surface area contributed by atoms with Crippen LogP contribution >= 0.6 is 0 Å². The predicted molar refractivity (Wildman–Crippen MR) is 87.4 cm³/mol. The summed E-state index contributed by atoms with van der Waals surface area (Å²) in [6.07, 6.45) is 0. The van der Waals surface area contributed by atoms with Crippen LogP contribution in [0.1, 0.15) is 24.1 Å². The molecule has 1 aliphatic rings. The fourth-order valence-electron chi connectivity index (χ4n) is 2.35. The fourth-order valence-corrected chi connectivity index (χ4v) is 3.32. The van der Waals surface area contributed by atoms with Crippen molar-refractivity contribution in [2.24, 2.45) is 4.99 Å². The molecule has 0 radical (unpaired) electrons. The molecule has 0 fully saturated rings. The molecule has 0 amide bonds. The third-order valence-corrected chi connectivity index (χ3v) is 4.90. The van der Waals surface area contributed by atoms with E-state index in [0.29, 0.717) is 0 Å². The number of para-hydroxylation sites is 1. The molecule has 0 saturated heterocycles. The largest absolute Gasteiger partial charge is 0.325 e. The molecular weight excluding hydrogens is 298 g/mol. The van der Waals surface area contributed by atoms with Crippen LogP contribution in [0.15, 0.2) is 58.4 Å². The number of hydrogen-bond acceptors (Lipinski definition) is 4. The van der Waals surface area contributed by atoms with Gasteiger partial charge in [0.1, 0.15) is 0 Å². The highest BCUT2D eigenvalue weighted by Gasteiger charge is 2.22. The first-order valence-electron chi connectivity index (χ1n) is 6.99. The first-order chi connectivity index (χ1) is 10.5. The molecule has 6 heteroatoms.